The number of nitrogens with zero attached hydrogens (tertiary/aromatic N) is 1. The van der Waals surface area contributed by atoms with Gasteiger partial charge < -0.3 is 10.2 Å². The van der Waals surface area contributed by atoms with Crippen LogP contribution in [-0.4, -0.2) is 32.4 Å². The highest BCUT2D eigenvalue weighted by Crippen LogP contribution is 2.30. The molecule has 5 nitrogen and oxygen atoms in total. The maximum atomic E-state index is 12.5. The van der Waals surface area contributed by atoms with Crippen molar-refractivity contribution in [3.8, 4) is 0 Å². The summed E-state index contributed by atoms with van der Waals surface area (Å²) in [6.45, 7) is 3.61. The van der Waals surface area contributed by atoms with Gasteiger partial charge in [0.05, 0.1) is 10.6 Å². The number of hydrogen-bond acceptors (Lipinski definition) is 3. The van der Waals surface area contributed by atoms with Crippen LogP contribution in [0.3, 0.4) is 0 Å². The normalized spacial score (nSPS) is 18.6. The summed E-state index contributed by atoms with van der Waals surface area (Å²) in [5.74, 6) is 0.491. The molecule has 0 aromatic heterocycles. The zero-order valence-electron chi connectivity index (χ0n) is 13.3. The topological polar surface area (TPSA) is 66.5 Å². The minimum atomic E-state index is -3.85. The Balaban J connectivity index is 1.94. The Bertz CT molecular complexity index is 883. The van der Waals surface area contributed by atoms with Crippen LogP contribution in [0, 0.1) is 5.92 Å². The van der Waals surface area contributed by atoms with E-state index in [1.165, 1.54) is 6.07 Å². The van der Waals surface area contributed by atoms with Gasteiger partial charge in [0.15, 0.2) is 0 Å². The van der Waals surface area contributed by atoms with Gasteiger partial charge in [0.2, 0.25) is 0 Å². The number of nitrogens with one attached hydrogen (secondary N) is 1. The molecule has 1 heterocycles. The van der Waals surface area contributed by atoms with Crippen LogP contribution in [0.15, 0.2) is 41.3 Å². The smallest absolute Gasteiger partial charge is 0.321 e. The largest absolute Gasteiger partial charge is 0.324 e. The fourth-order valence-corrected chi connectivity index (χ4v) is 4.26. The molecular formula is C17H19ClN2O3S. The Morgan fingerprint density at radius 2 is 1.92 bits per heavy atom. The number of halogens is 1. The number of benzene rings is 2. The van der Waals surface area contributed by atoms with Gasteiger partial charge in [0, 0.05) is 34.5 Å². The molecule has 3 rings (SSSR count). The summed E-state index contributed by atoms with van der Waals surface area (Å²) in [6, 6.07) is 9.85. The van der Waals surface area contributed by atoms with Crippen LogP contribution in [0.25, 0.3) is 10.8 Å². The number of anilines is 1. The molecule has 0 saturated carbocycles. The van der Waals surface area contributed by atoms with E-state index in [0.717, 1.165) is 25.9 Å². The van der Waals surface area contributed by atoms with Crippen LogP contribution in [-0.2, 0) is 9.05 Å². The molecule has 2 amide bonds. The molecule has 1 saturated heterocycles. The van der Waals surface area contributed by atoms with Gasteiger partial charge in [-0.3, -0.25) is 0 Å². The number of fused-ring (bicyclic) bond motifs is 1. The van der Waals surface area contributed by atoms with Crippen molar-refractivity contribution < 1.29 is 13.2 Å². The average molecular weight is 367 g/mol. The molecule has 7 heteroatoms. The van der Waals surface area contributed by atoms with Crippen molar-refractivity contribution in [1.29, 1.82) is 0 Å². The quantitative estimate of drug-likeness (QED) is 0.816. The summed E-state index contributed by atoms with van der Waals surface area (Å²) in [6.07, 6.45) is 2.13. The second-order valence-corrected chi connectivity index (χ2v) is 8.75. The van der Waals surface area contributed by atoms with E-state index in [0.29, 0.717) is 22.4 Å². The van der Waals surface area contributed by atoms with E-state index in [2.05, 4.69) is 12.2 Å². The number of rotatable bonds is 2. The first-order valence-electron chi connectivity index (χ1n) is 7.88. The van der Waals surface area contributed by atoms with Crippen molar-refractivity contribution in [1.82, 2.24) is 4.90 Å². The van der Waals surface area contributed by atoms with Crippen LogP contribution < -0.4 is 5.32 Å². The SMILES string of the molecule is C[C@H]1CCCN(C(=O)Nc2cccc3c(S(=O)(=O)Cl)cccc23)C1. The van der Waals surface area contributed by atoms with Crippen molar-refractivity contribution in [3.63, 3.8) is 0 Å². The highest BCUT2D eigenvalue weighted by atomic mass is 35.7. The first kappa shape index (κ1) is 17.0. The molecule has 2 aromatic rings. The zero-order chi connectivity index (χ0) is 17.3. The number of piperidine rings is 1. The highest BCUT2D eigenvalue weighted by molar-refractivity contribution is 8.14. The Morgan fingerprint density at radius 3 is 2.62 bits per heavy atom. The molecule has 0 spiro atoms. The molecule has 0 unspecified atom stereocenters. The van der Waals surface area contributed by atoms with Gasteiger partial charge in [0.25, 0.3) is 9.05 Å². The Labute approximate surface area is 146 Å². The standard InChI is InChI=1S/C17H19ClN2O3S/c1-12-5-4-10-20(11-12)17(21)19-15-8-2-7-14-13(15)6-3-9-16(14)24(18,22)23/h2-3,6-9,12H,4-5,10-11H2,1H3,(H,19,21)/t12-/m0/s1. The van der Waals surface area contributed by atoms with Crippen molar-refractivity contribution in [2.45, 2.75) is 24.7 Å². The first-order valence-corrected chi connectivity index (χ1v) is 10.2. The number of amides is 2. The fourth-order valence-electron chi connectivity index (χ4n) is 3.17. The number of carbonyl (C=O) groups excluding carboxylic acids is 1. The van der Waals surface area contributed by atoms with E-state index in [9.17, 15) is 13.2 Å². The second kappa shape index (κ2) is 6.61. The number of likely N-dealkylation sites (tertiary alicyclic amines) is 1. The Hall–Kier alpha value is -1.79. The van der Waals surface area contributed by atoms with Gasteiger partial charge >= 0.3 is 6.03 Å². The third-order valence-electron chi connectivity index (χ3n) is 4.33. The van der Waals surface area contributed by atoms with E-state index in [4.69, 9.17) is 10.7 Å². The number of hydrogen-bond donors (Lipinski definition) is 1. The van der Waals surface area contributed by atoms with Crippen LogP contribution in [0.2, 0.25) is 0 Å². The molecule has 24 heavy (non-hydrogen) atoms. The molecule has 1 aliphatic rings. The van der Waals surface area contributed by atoms with Gasteiger partial charge in [0.1, 0.15) is 0 Å². The van der Waals surface area contributed by atoms with E-state index < -0.39 is 9.05 Å². The first-order chi connectivity index (χ1) is 11.4. The van der Waals surface area contributed by atoms with E-state index in [1.54, 1.807) is 35.2 Å². The molecular weight excluding hydrogens is 348 g/mol. The van der Waals surface area contributed by atoms with Crippen molar-refractivity contribution in [2.75, 3.05) is 18.4 Å². The van der Waals surface area contributed by atoms with Crippen LogP contribution in [0.4, 0.5) is 10.5 Å². The van der Waals surface area contributed by atoms with Gasteiger partial charge in [-0.15, -0.1) is 0 Å². The van der Waals surface area contributed by atoms with Crippen LogP contribution in [0.1, 0.15) is 19.8 Å². The third kappa shape index (κ3) is 3.49. The monoisotopic (exact) mass is 366 g/mol. The molecule has 1 fully saturated rings. The van der Waals surface area contributed by atoms with Gasteiger partial charge in [-0.05, 0) is 30.9 Å². The molecule has 128 valence electrons. The molecule has 1 N–H and O–H groups in total. The lowest BCUT2D eigenvalue weighted by molar-refractivity contribution is 0.182. The van der Waals surface area contributed by atoms with Gasteiger partial charge in [-0.2, -0.15) is 0 Å². The second-order valence-electron chi connectivity index (χ2n) is 6.22. The third-order valence-corrected chi connectivity index (χ3v) is 5.71. The van der Waals surface area contributed by atoms with Crippen LogP contribution in [0.5, 0.6) is 0 Å². The van der Waals surface area contributed by atoms with Crippen molar-refractivity contribution in [2.24, 2.45) is 5.92 Å². The molecule has 0 radical (unpaired) electrons. The molecule has 1 atom stereocenters. The maximum absolute atomic E-state index is 12.5. The Kier molecular flexibility index (Phi) is 4.69. The zero-order valence-corrected chi connectivity index (χ0v) is 14.9. The predicted octanol–water partition coefficient (Wildman–Crippen LogP) is 4.03. The predicted molar refractivity (Wildman–Crippen MR) is 96.0 cm³/mol. The minimum absolute atomic E-state index is 0.0457. The summed E-state index contributed by atoms with van der Waals surface area (Å²) >= 11 is 0. The summed E-state index contributed by atoms with van der Waals surface area (Å²) < 4.78 is 23.5. The number of urea groups is 1. The lowest BCUT2D eigenvalue weighted by Crippen LogP contribution is -2.41. The molecule has 0 aliphatic carbocycles. The molecule has 1 aliphatic heterocycles. The molecule has 2 aromatic carbocycles. The van der Waals surface area contributed by atoms with Gasteiger partial charge in [-0.1, -0.05) is 31.2 Å². The summed E-state index contributed by atoms with van der Waals surface area (Å²) in [4.78, 5) is 14.4. The summed E-state index contributed by atoms with van der Waals surface area (Å²) in [7, 11) is 1.66. The summed E-state index contributed by atoms with van der Waals surface area (Å²) in [5, 5.41) is 4.05. The van der Waals surface area contributed by atoms with Crippen LogP contribution >= 0.6 is 10.7 Å². The molecule has 0 bridgehead atoms. The van der Waals surface area contributed by atoms with E-state index >= 15 is 0 Å². The van der Waals surface area contributed by atoms with Gasteiger partial charge in [-0.25, -0.2) is 13.2 Å². The Morgan fingerprint density at radius 1 is 1.21 bits per heavy atom. The average Bonchev–Trinajstić information content (AvgIpc) is 2.53. The minimum Gasteiger partial charge on any atom is -0.324 e. The van der Waals surface area contributed by atoms with Crippen molar-refractivity contribution >= 4 is 42.2 Å². The number of carbonyl (C=O) groups is 1. The lowest BCUT2D eigenvalue weighted by Gasteiger charge is -2.31. The maximum Gasteiger partial charge on any atom is 0.321 e. The lowest BCUT2D eigenvalue weighted by atomic mass is 10.0. The van der Waals surface area contributed by atoms with E-state index in [-0.39, 0.29) is 10.9 Å². The summed E-state index contributed by atoms with van der Waals surface area (Å²) in [5.41, 5.74) is 0.581. The highest BCUT2D eigenvalue weighted by Gasteiger charge is 2.22. The van der Waals surface area contributed by atoms with E-state index in [1.807, 2.05) is 0 Å². The fraction of sp³-hybridized carbons (Fsp3) is 0.353. The van der Waals surface area contributed by atoms with Crippen molar-refractivity contribution in [3.05, 3.63) is 36.4 Å².